The Hall–Kier alpha value is -3.25. The first-order valence-corrected chi connectivity index (χ1v) is 10.4. The van der Waals surface area contributed by atoms with E-state index in [2.05, 4.69) is 17.3 Å². The van der Waals surface area contributed by atoms with Gasteiger partial charge in [0.1, 0.15) is 0 Å². The molecule has 4 rings (SSSR count). The van der Waals surface area contributed by atoms with E-state index >= 15 is 0 Å². The lowest BCUT2D eigenvalue weighted by atomic mass is 10.0. The van der Waals surface area contributed by atoms with Crippen molar-refractivity contribution in [3.05, 3.63) is 88.8 Å². The molecule has 1 unspecified atom stereocenters. The lowest BCUT2D eigenvalue weighted by molar-refractivity contribution is 0.0387. The second kappa shape index (κ2) is 9.27. The van der Waals surface area contributed by atoms with E-state index < -0.39 is 0 Å². The Labute approximate surface area is 186 Å². The van der Waals surface area contributed by atoms with Gasteiger partial charge in [-0.3, -0.25) is 4.79 Å². The number of amides is 1. The van der Waals surface area contributed by atoms with Crippen LogP contribution in [0.2, 0.25) is 5.02 Å². The molecule has 0 spiro atoms. The van der Waals surface area contributed by atoms with Gasteiger partial charge in [-0.05, 0) is 47.5 Å². The summed E-state index contributed by atoms with van der Waals surface area (Å²) in [6.45, 7) is 0.779. The molecular formula is C24H24ClN3O3. The van der Waals surface area contributed by atoms with Gasteiger partial charge in [0.25, 0.3) is 5.91 Å². The zero-order chi connectivity index (χ0) is 21.8. The number of oxime groups is 1. The fourth-order valence-corrected chi connectivity index (χ4v) is 3.74. The summed E-state index contributed by atoms with van der Waals surface area (Å²) < 4.78 is 5.33. The summed E-state index contributed by atoms with van der Waals surface area (Å²) in [6, 6.07) is 19.0. The maximum absolute atomic E-state index is 13.0. The summed E-state index contributed by atoms with van der Waals surface area (Å²) in [5.74, 6) is 0.0952. The highest BCUT2D eigenvalue weighted by molar-refractivity contribution is 6.30. The fourth-order valence-electron chi connectivity index (χ4n) is 3.53. The van der Waals surface area contributed by atoms with Gasteiger partial charge in [0.15, 0.2) is 11.9 Å². The normalized spacial score (nSPS) is 15.3. The van der Waals surface area contributed by atoms with Crippen molar-refractivity contribution >= 4 is 28.9 Å². The number of carbonyl (C=O) groups is 1. The summed E-state index contributed by atoms with van der Waals surface area (Å²) in [6.07, 6.45) is 1.88. The molecule has 0 bridgehead atoms. The van der Waals surface area contributed by atoms with Crippen LogP contribution in [0.1, 0.15) is 28.1 Å². The number of rotatable bonds is 7. The standard InChI is InChI=1S/C24H24ClN3O3/c1-27(2)20-10-8-18(9-11-20)22-14-21(31-26-22)16-28(24(29)23-7-4-12-30-23)15-17-5-3-6-19(25)13-17/h3-13,21H,14-16H2,1-2H3. The van der Waals surface area contributed by atoms with E-state index in [0.29, 0.717) is 30.3 Å². The molecule has 0 aliphatic carbocycles. The largest absolute Gasteiger partial charge is 0.459 e. The van der Waals surface area contributed by atoms with Gasteiger partial charge >= 0.3 is 0 Å². The van der Waals surface area contributed by atoms with Crippen LogP contribution in [0, 0.1) is 0 Å². The highest BCUT2D eigenvalue weighted by atomic mass is 35.5. The third-order valence-electron chi connectivity index (χ3n) is 5.16. The van der Waals surface area contributed by atoms with Crippen molar-refractivity contribution in [1.82, 2.24) is 4.90 Å². The van der Waals surface area contributed by atoms with E-state index in [9.17, 15) is 4.79 Å². The monoisotopic (exact) mass is 437 g/mol. The Kier molecular flexibility index (Phi) is 6.28. The minimum Gasteiger partial charge on any atom is -0.459 e. The Morgan fingerprint density at radius 1 is 1.13 bits per heavy atom. The van der Waals surface area contributed by atoms with E-state index in [1.54, 1.807) is 17.0 Å². The zero-order valence-electron chi connectivity index (χ0n) is 17.5. The number of hydrogen-bond donors (Lipinski definition) is 0. The van der Waals surface area contributed by atoms with Gasteiger partial charge in [-0.1, -0.05) is 41.0 Å². The molecule has 1 aromatic heterocycles. The molecule has 6 nitrogen and oxygen atoms in total. The van der Waals surface area contributed by atoms with Gasteiger partial charge < -0.3 is 19.1 Å². The molecular weight excluding hydrogens is 414 g/mol. The number of hydrogen-bond acceptors (Lipinski definition) is 5. The molecule has 1 amide bonds. The van der Waals surface area contributed by atoms with Crippen molar-refractivity contribution < 1.29 is 14.0 Å². The van der Waals surface area contributed by atoms with E-state index in [1.807, 2.05) is 55.4 Å². The number of benzene rings is 2. The van der Waals surface area contributed by atoms with Crippen LogP contribution >= 0.6 is 11.6 Å². The molecule has 1 atom stereocenters. The highest BCUT2D eigenvalue weighted by Crippen LogP contribution is 2.22. The Morgan fingerprint density at radius 3 is 2.61 bits per heavy atom. The molecule has 1 aliphatic heterocycles. The van der Waals surface area contributed by atoms with Gasteiger partial charge in [-0.15, -0.1) is 0 Å². The van der Waals surface area contributed by atoms with Crippen LogP contribution < -0.4 is 4.90 Å². The lowest BCUT2D eigenvalue weighted by Crippen LogP contribution is -2.37. The number of carbonyl (C=O) groups excluding carboxylic acids is 1. The predicted molar refractivity (Wildman–Crippen MR) is 122 cm³/mol. The van der Waals surface area contributed by atoms with Crippen molar-refractivity contribution in [3.8, 4) is 0 Å². The number of halogens is 1. The average Bonchev–Trinajstić information content (AvgIpc) is 3.45. The average molecular weight is 438 g/mol. The molecule has 31 heavy (non-hydrogen) atoms. The first-order valence-electron chi connectivity index (χ1n) is 10.1. The van der Waals surface area contributed by atoms with E-state index in [0.717, 1.165) is 22.5 Å². The van der Waals surface area contributed by atoms with Gasteiger partial charge in [-0.2, -0.15) is 0 Å². The first kappa shape index (κ1) is 21.0. The molecule has 160 valence electrons. The van der Waals surface area contributed by atoms with Crippen LogP contribution in [0.15, 0.2) is 76.5 Å². The van der Waals surface area contributed by atoms with Crippen LogP contribution in [0.25, 0.3) is 0 Å². The summed E-state index contributed by atoms with van der Waals surface area (Å²) >= 11 is 6.13. The quantitative estimate of drug-likeness (QED) is 0.531. The third kappa shape index (κ3) is 5.09. The van der Waals surface area contributed by atoms with Crippen molar-refractivity contribution in [2.24, 2.45) is 5.16 Å². The van der Waals surface area contributed by atoms with Gasteiger partial charge in [0.05, 0.1) is 18.5 Å². The molecule has 0 fully saturated rings. The molecule has 0 saturated heterocycles. The number of nitrogens with zero attached hydrogens (tertiary/aromatic N) is 3. The van der Waals surface area contributed by atoms with Crippen LogP contribution in [0.5, 0.6) is 0 Å². The molecule has 0 saturated carbocycles. The molecule has 0 radical (unpaired) electrons. The first-order chi connectivity index (χ1) is 15.0. The van der Waals surface area contributed by atoms with Crippen LogP contribution in [0.3, 0.4) is 0 Å². The third-order valence-corrected chi connectivity index (χ3v) is 5.39. The summed E-state index contributed by atoms with van der Waals surface area (Å²) in [5, 5.41) is 4.91. The van der Waals surface area contributed by atoms with E-state index in [4.69, 9.17) is 20.9 Å². The minimum atomic E-state index is -0.235. The smallest absolute Gasteiger partial charge is 0.289 e. The second-order valence-electron chi connectivity index (χ2n) is 7.70. The topological polar surface area (TPSA) is 58.3 Å². The van der Waals surface area contributed by atoms with Gasteiger partial charge in [0, 0.05) is 37.8 Å². The molecule has 1 aliphatic rings. The number of furan rings is 1. The van der Waals surface area contributed by atoms with Crippen LogP contribution in [0.4, 0.5) is 5.69 Å². The van der Waals surface area contributed by atoms with Crippen LogP contribution in [-0.2, 0) is 11.4 Å². The molecule has 2 heterocycles. The number of anilines is 1. The lowest BCUT2D eigenvalue weighted by Gasteiger charge is -2.24. The molecule has 2 aromatic carbocycles. The van der Waals surface area contributed by atoms with Crippen molar-refractivity contribution in [3.63, 3.8) is 0 Å². The maximum Gasteiger partial charge on any atom is 0.289 e. The van der Waals surface area contributed by atoms with Crippen molar-refractivity contribution in [2.75, 3.05) is 25.5 Å². The maximum atomic E-state index is 13.0. The van der Waals surface area contributed by atoms with E-state index in [1.165, 1.54) is 6.26 Å². The summed E-state index contributed by atoms with van der Waals surface area (Å²) in [5.41, 5.74) is 3.96. The Bertz CT molecular complexity index is 1060. The Morgan fingerprint density at radius 2 is 1.94 bits per heavy atom. The van der Waals surface area contributed by atoms with Crippen LogP contribution in [-0.4, -0.2) is 43.3 Å². The SMILES string of the molecule is CN(C)c1ccc(C2=NOC(CN(Cc3cccc(Cl)c3)C(=O)c3ccco3)C2)cc1. The summed E-state index contributed by atoms with van der Waals surface area (Å²) in [4.78, 5) is 22.5. The molecule has 3 aromatic rings. The Balaban J connectivity index is 1.46. The molecule has 7 heteroatoms. The zero-order valence-corrected chi connectivity index (χ0v) is 18.2. The predicted octanol–water partition coefficient (Wildman–Crippen LogP) is 4.83. The second-order valence-corrected chi connectivity index (χ2v) is 8.14. The van der Waals surface area contributed by atoms with Crippen molar-refractivity contribution in [1.29, 1.82) is 0 Å². The molecule has 0 N–H and O–H groups in total. The van der Waals surface area contributed by atoms with E-state index in [-0.39, 0.29) is 12.0 Å². The fraction of sp³-hybridized carbons (Fsp3) is 0.250. The minimum absolute atomic E-state index is 0.197. The van der Waals surface area contributed by atoms with Crippen molar-refractivity contribution in [2.45, 2.75) is 19.1 Å². The van der Waals surface area contributed by atoms with Gasteiger partial charge in [-0.25, -0.2) is 0 Å². The highest BCUT2D eigenvalue weighted by Gasteiger charge is 2.28. The van der Waals surface area contributed by atoms with Gasteiger partial charge in [0.2, 0.25) is 0 Å². The summed E-state index contributed by atoms with van der Waals surface area (Å²) in [7, 11) is 4.01.